The molecule has 0 heterocycles. The van der Waals surface area contributed by atoms with Crippen molar-refractivity contribution in [2.75, 3.05) is 0 Å². The van der Waals surface area contributed by atoms with Gasteiger partial charge in [-0.05, 0) is 29.3 Å². The van der Waals surface area contributed by atoms with Crippen molar-refractivity contribution in [1.82, 2.24) is 0 Å². The molecule has 0 aromatic heterocycles. The second kappa shape index (κ2) is 4.91. The highest BCUT2D eigenvalue weighted by atomic mass is 35.5. The van der Waals surface area contributed by atoms with E-state index in [2.05, 4.69) is 0 Å². The van der Waals surface area contributed by atoms with Crippen LogP contribution in [-0.4, -0.2) is 11.1 Å². The van der Waals surface area contributed by atoms with Gasteiger partial charge in [-0.1, -0.05) is 35.9 Å². The molecular weight excluding hydrogens is 250 g/mol. The Morgan fingerprint density at radius 1 is 1.22 bits per heavy atom. The van der Waals surface area contributed by atoms with Crippen LogP contribution in [0.3, 0.4) is 0 Å². The fourth-order valence-corrected chi connectivity index (χ4v) is 1.99. The number of nitrogens with zero attached hydrogens (tertiary/aromatic N) is 1. The van der Waals surface area contributed by atoms with Crippen LogP contribution in [0.5, 0.6) is 0 Å². The second-order valence-electron chi connectivity index (χ2n) is 3.66. The van der Waals surface area contributed by atoms with Gasteiger partial charge in [0.2, 0.25) is 0 Å². The number of halogens is 1. The van der Waals surface area contributed by atoms with Gasteiger partial charge >= 0.3 is 5.97 Å². The van der Waals surface area contributed by atoms with Gasteiger partial charge in [0.15, 0.2) is 0 Å². The van der Waals surface area contributed by atoms with Crippen molar-refractivity contribution >= 4 is 17.6 Å². The normalized spacial score (nSPS) is 9.78. The molecule has 1 N–H and O–H groups in total. The zero-order valence-electron chi connectivity index (χ0n) is 9.22. The third kappa shape index (κ3) is 2.20. The average Bonchev–Trinajstić information content (AvgIpc) is 2.38. The predicted molar refractivity (Wildman–Crippen MR) is 68.6 cm³/mol. The highest BCUT2D eigenvalue weighted by Crippen LogP contribution is 2.29. The molecule has 3 nitrogen and oxygen atoms in total. The molecule has 0 aliphatic carbocycles. The van der Waals surface area contributed by atoms with E-state index in [1.807, 2.05) is 6.07 Å². The van der Waals surface area contributed by atoms with Gasteiger partial charge in [0.1, 0.15) is 0 Å². The zero-order chi connectivity index (χ0) is 13.1. The van der Waals surface area contributed by atoms with Crippen LogP contribution in [0.15, 0.2) is 42.5 Å². The van der Waals surface area contributed by atoms with E-state index in [1.165, 1.54) is 6.07 Å². The van der Waals surface area contributed by atoms with E-state index in [4.69, 9.17) is 16.9 Å². The van der Waals surface area contributed by atoms with Crippen molar-refractivity contribution in [3.05, 3.63) is 58.6 Å². The van der Waals surface area contributed by atoms with Gasteiger partial charge < -0.3 is 5.11 Å². The molecule has 0 fully saturated rings. The van der Waals surface area contributed by atoms with Gasteiger partial charge in [-0.25, -0.2) is 4.79 Å². The smallest absolute Gasteiger partial charge is 0.337 e. The van der Waals surface area contributed by atoms with Crippen molar-refractivity contribution in [3.8, 4) is 17.2 Å². The molecule has 2 rings (SSSR count). The van der Waals surface area contributed by atoms with Gasteiger partial charge in [0.05, 0.1) is 22.2 Å². The maximum absolute atomic E-state index is 11.2. The first-order valence-electron chi connectivity index (χ1n) is 5.16. The number of carboxylic acids is 1. The zero-order valence-corrected chi connectivity index (χ0v) is 9.98. The molecule has 88 valence electrons. The Kier molecular flexibility index (Phi) is 3.31. The number of hydrogen-bond acceptors (Lipinski definition) is 2. The van der Waals surface area contributed by atoms with Crippen molar-refractivity contribution < 1.29 is 9.90 Å². The number of carboxylic acid groups (broad SMARTS) is 1. The number of benzene rings is 2. The highest BCUT2D eigenvalue weighted by molar-refractivity contribution is 6.34. The lowest BCUT2D eigenvalue weighted by molar-refractivity contribution is 0.0698. The van der Waals surface area contributed by atoms with Crippen molar-refractivity contribution in [1.29, 1.82) is 5.26 Å². The lowest BCUT2D eigenvalue weighted by Crippen LogP contribution is -2.00. The van der Waals surface area contributed by atoms with Gasteiger partial charge in [-0.15, -0.1) is 0 Å². The highest BCUT2D eigenvalue weighted by Gasteiger charge is 2.15. The molecule has 4 heteroatoms. The third-order valence-electron chi connectivity index (χ3n) is 2.53. The van der Waals surface area contributed by atoms with Crippen LogP contribution in [0.2, 0.25) is 5.02 Å². The molecule has 2 aromatic rings. The summed E-state index contributed by atoms with van der Waals surface area (Å²) in [6.45, 7) is 0. The van der Waals surface area contributed by atoms with Gasteiger partial charge in [0, 0.05) is 0 Å². The van der Waals surface area contributed by atoms with Gasteiger partial charge in [0.25, 0.3) is 0 Å². The first-order valence-corrected chi connectivity index (χ1v) is 5.53. The molecule has 0 atom stereocenters. The fraction of sp³-hybridized carbons (Fsp3) is 0. The topological polar surface area (TPSA) is 61.1 Å². The van der Waals surface area contributed by atoms with E-state index in [1.54, 1.807) is 36.4 Å². The lowest BCUT2D eigenvalue weighted by Gasteiger charge is -2.08. The Morgan fingerprint density at radius 3 is 2.61 bits per heavy atom. The Labute approximate surface area is 109 Å². The first-order chi connectivity index (χ1) is 8.63. The number of hydrogen-bond donors (Lipinski definition) is 1. The minimum Gasteiger partial charge on any atom is -0.478 e. The van der Waals surface area contributed by atoms with Crippen LogP contribution in [0, 0.1) is 11.3 Å². The van der Waals surface area contributed by atoms with E-state index >= 15 is 0 Å². The van der Waals surface area contributed by atoms with E-state index in [9.17, 15) is 9.90 Å². The first kappa shape index (κ1) is 12.2. The molecule has 0 aliphatic heterocycles. The summed E-state index contributed by atoms with van der Waals surface area (Å²) in [5, 5.41) is 18.2. The maximum Gasteiger partial charge on any atom is 0.337 e. The number of carbonyl (C=O) groups is 1. The lowest BCUT2D eigenvalue weighted by atomic mass is 9.98. The third-order valence-corrected chi connectivity index (χ3v) is 2.85. The second-order valence-corrected chi connectivity index (χ2v) is 4.07. The molecule has 0 radical (unpaired) electrons. The molecule has 0 spiro atoms. The van der Waals surface area contributed by atoms with Crippen LogP contribution < -0.4 is 0 Å². The molecule has 2 aromatic carbocycles. The van der Waals surface area contributed by atoms with Crippen molar-refractivity contribution in [2.45, 2.75) is 0 Å². The summed E-state index contributed by atoms with van der Waals surface area (Å²) in [5.74, 6) is -1.09. The Hall–Kier alpha value is -2.31. The number of nitriles is 1. The summed E-state index contributed by atoms with van der Waals surface area (Å²) >= 11 is 5.90. The van der Waals surface area contributed by atoms with Crippen LogP contribution in [0.1, 0.15) is 15.9 Å². The summed E-state index contributed by atoms with van der Waals surface area (Å²) in [5.41, 5.74) is 1.69. The Bertz CT molecular complexity index is 659. The minimum atomic E-state index is -1.09. The molecule has 0 unspecified atom stereocenters. The van der Waals surface area contributed by atoms with E-state index < -0.39 is 5.97 Å². The van der Waals surface area contributed by atoms with Crippen LogP contribution >= 0.6 is 11.6 Å². The number of rotatable bonds is 2. The molecule has 18 heavy (non-hydrogen) atoms. The molecule has 0 saturated heterocycles. The largest absolute Gasteiger partial charge is 0.478 e. The van der Waals surface area contributed by atoms with Crippen molar-refractivity contribution in [3.63, 3.8) is 0 Å². The average molecular weight is 258 g/mol. The maximum atomic E-state index is 11.2. The standard InChI is InChI=1S/C14H8ClNO2/c15-12-6-2-5-11(13(12)14(17)18)10-4-1-3-9(7-10)8-16/h1-7H,(H,17,18). The summed E-state index contributed by atoms with van der Waals surface area (Å²) in [6, 6.07) is 13.7. The van der Waals surface area contributed by atoms with Crippen LogP contribution in [-0.2, 0) is 0 Å². The van der Waals surface area contributed by atoms with Crippen LogP contribution in [0.25, 0.3) is 11.1 Å². The van der Waals surface area contributed by atoms with Gasteiger partial charge in [-0.3, -0.25) is 0 Å². The Morgan fingerprint density at radius 2 is 1.94 bits per heavy atom. The minimum absolute atomic E-state index is 0.0502. The molecular formula is C14H8ClNO2. The molecule has 0 amide bonds. The predicted octanol–water partition coefficient (Wildman–Crippen LogP) is 3.58. The monoisotopic (exact) mass is 257 g/mol. The quantitative estimate of drug-likeness (QED) is 0.894. The molecule has 0 aliphatic rings. The summed E-state index contributed by atoms with van der Waals surface area (Å²) < 4.78 is 0. The van der Waals surface area contributed by atoms with E-state index in [0.717, 1.165) is 0 Å². The SMILES string of the molecule is N#Cc1cccc(-c2cccc(Cl)c2C(=O)O)c1. The van der Waals surface area contributed by atoms with E-state index in [-0.39, 0.29) is 10.6 Å². The molecule has 0 bridgehead atoms. The summed E-state index contributed by atoms with van der Waals surface area (Å²) in [6.07, 6.45) is 0. The fourth-order valence-electron chi connectivity index (χ4n) is 1.74. The van der Waals surface area contributed by atoms with Crippen molar-refractivity contribution in [2.24, 2.45) is 0 Å². The van der Waals surface area contributed by atoms with E-state index in [0.29, 0.717) is 16.7 Å². The Balaban J connectivity index is 2.68. The number of aromatic carboxylic acids is 1. The molecule has 0 saturated carbocycles. The van der Waals surface area contributed by atoms with Crippen LogP contribution in [0.4, 0.5) is 0 Å². The summed E-state index contributed by atoms with van der Waals surface area (Å²) in [4.78, 5) is 11.2. The van der Waals surface area contributed by atoms with Gasteiger partial charge in [-0.2, -0.15) is 5.26 Å². The summed E-state index contributed by atoms with van der Waals surface area (Å²) in [7, 11) is 0.